The minimum atomic E-state index is -0.521. The van der Waals surface area contributed by atoms with Gasteiger partial charge in [-0.05, 0) is 55.0 Å². The Morgan fingerprint density at radius 1 is 1.19 bits per heavy atom. The van der Waals surface area contributed by atoms with Crippen molar-refractivity contribution in [3.05, 3.63) is 65.7 Å². The predicted octanol–water partition coefficient (Wildman–Crippen LogP) is 3.94. The first-order valence-electron chi connectivity index (χ1n) is 8.47. The number of fused-ring (bicyclic) bond motifs is 1. The van der Waals surface area contributed by atoms with Gasteiger partial charge in [0.15, 0.2) is 6.61 Å². The number of carbonyl (C=O) groups is 2. The van der Waals surface area contributed by atoms with E-state index in [1.807, 2.05) is 61.7 Å². The summed E-state index contributed by atoms with van der Waals surface area (Å²) in [5.74, 6) is -0.721. The van der Waals surface area contributed by atoms with Crippen molar-refractivity contribution >= 4 is 35.4 Å². The van der Waals surface area contributed by atoms with E-state index in [2.05, 4.69) is 0 Å². The number of ether oxygens (including phenoxy) is 1. The molecule has 1 aliphatic rings. The minimum Gasteiger partial charge on any atom is -0.452 e. The van der Waals surface area contributed by atoms with E-state index >= 15 is 0 Å². The molecule has 0 spiro atoms. The fourth-order valence-electron chi connectivity index (χ4n) is 3.08. The lowest BCUT2D eigenvalue weighted by Crippen LogP contribution is -2.38. The molecule has 1 atom stereocenters. The van der Waals surface area contributed by atoms with Crippen molar-refractivity contribution in [2.75, 3.05) is 17.8 Å². The summed E-state index contributed by atoms with van der Waals surface area (Å²) in [6.07, 6.45) is 5.87. The van der Waals surface area contributed by atoms with Crippen LogP contribution in [0, 0.1) is 0 Å². The Labute approximate surface area is 157 Å². The zero-order valence-corrected chi connectivity index (χ0v) is 15.7. The highest BCUT2D eigenvalue weighted by atomic mass is 32.2. The molecule has 134 valence electrons. The van der Waals surface area contributed by atoms with Gasteiger partial charge in [-0.3, -0.25) is 4.79 Å². The van der Waals surface area contributed by atoms with Crippen LogP contribution >= 0.6 is 11.8 Å². The van der Waals surface area contributed by atoms with Gasteiger partial charge in [0.2, 0.25) is 0 Å². The number of hydrogen-bond donors (Lipinski definition) is 0. The summed E-state index contributed by atoms with van der Waals surface area (Å²) < 4.78 is 5.13. The fourth-order valence-corrected chi connectivity index (χ4v) is 3.48. The van der Waals surface area contributed by atoms with Crippen LogP contribution in [0.25, 0.3) is 6.08 Å². The van der Waals surface area contributed by atoms with E-state index in [0.717, 1.165) is 28.1 Å². The number of hydrogen-bond acceptors (Lipinski definition) is 4. The Balaban J connectivity index is 1.55. The highest BCUT2D eigenvalue weighted by molar-refractivity contribution is 7.98. The molecule has 2 aromatic rings. The lowest BCUT2D eigenvalue weighted by molar-refractivity contribution is -0.143. The lowest BCUT2D eigenvalue weighted by atomic mass is 10.1. The summed E-state index contributed by atoms with van der Waals surface area (Å²) in [6, 6.07) is 15.8. The zero-order valence-electron chi connectivity index (χ0n) is 14.8. The highest BCUT2D eigenvalue weighted by Crippen LogP contribution is 2.31. The molecule has 0 radical (unpaired) electrons. The Hall–Kier alpha value is -2.53. The first-order chi connectivity index (χ1) is 12.6. The SMILES string of the molecule is CSc1ccc(/C=C/C(=O)OCC(=O)N2c3ccccc3C[C@H]2C)cc1. The molecule has 5 heteroatoms. The van der Waals surface area contributed by atoms with Crippen molar-refractivity contribution in [3.63, 3.8) is 0 Å². The van der Waals surface area contributed by atoms with E-state index in [0.29, 0.717) is 0 Å². The van der Waals surface area contributed by atoms with Crippen molar-refractivity contribution in [2.45, 2.75) is 24.3 Å². The molecule has 2 aromatic carbocycles. The van der Waals surface area contributed by atoms with Gasteiger partial charge in [0.1, 0.15) is 0 Å². The Bertz CT molecular complexity index is 829. The third kappa shape index (κ3) is 4.17. The number of carbonyl (C=O) groups excluding carboxylic acids is 2. The van der Waals surface area contributed by atoms with Crippen LogP contribution in [0.2, 0.25) is 0 Å². The first-order valence-corrected chi connectivity index (χ1v) is 9.70. The summed E-state index contributed by atoms with van der Waals surface area (Å²) in [6.45, 7) is 1.74. The molecule has 0 fully saturated rings. The Morgan fingerprint density at radius 3 is 2.65 bits per heavy atom. The largest absolute Gasteiger partial charge is 0.452 e. The average molecular weight is 367 g/mol. The quantitative estimate of drug-likeness (QED) is 0.456. The van der Waals surface area contributed by atoms with Crippen LogP contribution in [0.5, 0.6) is 0 Å². The van der Waals surface area contributed by atoms with Crippen LogP contribution < -0.4 is 4.90 Å². The van der Waals surface area contributed by atoms with E-state index in [9.17, 15) is 9.59 Å². The average Bonchev–Trinajstić information content (AvgIpc) is 3.00. The normalized spacial score (nSPS) is 15.9. The summed E-state index contributed by atoms with van der Waals surface area (Å²) in [5.41, 5.74) is 2.96. The van der Waals surface area contributed by atoms with E-state index in [4.69, 9.17) is 4.74 Å². The van der Waals surface area contributed by atoms with Gasteiger partial charge in [0.25, 0.3) is 5.91 Å². The van der Waals surface area contributed by atoms with Crippen LogP contribution in [0.4, 0.5) is 5.69 Å². The molecule has 0 saturated heterocycles. The van der Waals surface area contributed by atoms with Crippen LogP contribution in [0.15, 0.2) is 59.5 Å². The van der Waals surface area contributed by atoms with Gasteiger partial charge in [-0.25, -0.2) is 4.79 Å². The molecule has 0 N–H and O–H groups in total. The van der Waals surface area contributed by atoms with Crippen molar-refractivity contribution in [3.8, 4) is 0 Å². The third-order valence-electron chi connectivity index (χ3n) is 4.34. The Kier molecular flexibility index (Phi) is 5.78. The topological polar surface area (TPSA) is 46.6 Å². The number of thioether (sulfide) groups is 1. The molecule has 1 amide bonds. The standard InChI is InChI=1S/C21H21NO3S/c1-15-13-17-5-3-4-6-19(17)22(15)20(23)14-25-21(24)12-9-16-7-10-18(26-2)11-8-16/h3-12,15H,13-14H2,1-2H3/b12-9+/t15-/m1/s1. The Morgan fingerprint density at radius 2 is 1.92 bits per heavy atom. The minimum absolute atomic E-state index is 0.0732. The number of amides is 1. The maximum atomic E-state index is 12.5. The van der Waals surface area contributed by atoms with Gasteiger partial charge >= 0.3 is 5.97 Å². The van der Waals surface area contributed by atoms with Crippen molar-refractivity contribution in [1.82, 2.24) is 0 Å². The molecular formula is C21H21NO3S. The van der Waals surface area contributed by atoms with Gasteiger partial charge < -0.3 is 9.64 Å². The first kappa shape index (κ1) is 18.3. The van der Waals surface area contributed by atoms with Gasteiger partial charge in [-0.1, -0.05) is 30.3 Å². The van der Waals surface area contributed by atoms with Crippen LogP contribution in [-0.4, -0.2) is 30.8 Å². The van der Waals surface area contributed by atoms with Gasteiger partial charge in [0, 0.05) is 22.7 Å². The molecule has 1 heterocycles. The number of esters is 1. The second kappa shape index (κ2) is 8.23. The molecule has 3 rings (SSSR count). The predicted molar refractivity (Wildman–Crippen MR) is 105 cm³/mol. The van der Waals surface area contributed by atoms with E-state index in [-0.39, 0.29) is 18.6 Å². The highest BCUT2D eigenvalue weighted by Gasteiger charge is 2.30. The number of para-hydroxylation sites is 1. The smallest absolute Gasteiger partial charge is 0.331 e. The number of nitrogens with zero attached hydrogens (tertiary/aromatic N) is 1. The molecule has 0 aromatic heterocycles. The number of rotatable bonds is 5. The summed E-state index contributed by atoms with van der Waals surface area (Å²) in [7, 11) is 0. The summed E-state index contributed by atoms with van der Waals surface area (Å²) in [4.78, 5) is 27.3. The van der Waals surface area contributed by atoms with Crippen molar-refractivity contribution in [2.24, 2.45) is 0 Å². The lowest BCUT2D eigenvalue weighted by Gasteiger charge is -2.22. The summed E-state index contributed by atoms with van der Waals surface area (Å²) >= 11 is 1.66. The third-order valence-corrected chi connectivity index (χ3v) is 5.09. The fraction of sp³-hybridized carbons (Fsp3) is 0.238. The molecule has 1 aliphatic heterocycles. The monoisotopic (exact) mass is 367 g/mol. The summed E-state index contributed by atoms with van der Waals surface area (Å²) in [5, 5.41) is 0. The second-order valence-electron chi connectivity index (χ2n) is 6.16. The molecule has 0 bridgehead atoms. The van der Waals surface area contributed by atoms with Gasteiger partial charge in [-0.2, -0.15) is 0 Å². The van der Waals surface area contributed by atoms with E-state index in [1.165, 1.54) is 6.08 Å². The van der Waals surface area contributed by atoms with E-state index in [1.54, 1.807) is 22.7 Å². The molecule has 0 aliphatic carbocycles. The van der Waals surface area contributed by atoms with Gasteiger partial charge in [0.05, 0.1) is 0 Å². The molecular weight excluding hydrogens is 346 g/mol. The van der Waals surface area contributed by atoms with Gasteiger partial charge in [-0.15, -0.1) is 11.8 Å². The van der Waals surface area contributed by atoms with Crippen LogP contribution in [0.1, 0.15) is 18.1 Å². The number of benzene rings is 2. The van der Waals surface area contributed by atoms with Crippen molar-refractivity contribution in [1.29, 1.82) is 0 Å². The maximum absolute atomic E-state index is 12.5. The maximum Gasteiger partial charge on any atom is 0.331 e. The molecule has 0 unspecified atom stereocenters. The molecule has 26 heavy (non-hydrogen) atoms. The van der Waals surface area contributed by atoms with Crippen molar-refractivity contribution < 1.29 is 14.3 Å². The van der Waals surface area contributed by atoms with Crippen LogP contribution in [0.3, 0.4) is 0 Å². The second-order valence-corrected chi connectivity index (χ2v) is 7.04. The van der Waals surface area contributed by atoms with E-state index < -0.39 is 5.97 Å². The zero-order chi connectivity index (χ0) is 18.5. The molecule has 0 saturated carbocycles. The number of anilines is 1. The molecule has 4 nitrogen and oxygen atoms in total. The van der Waals surface area contributed by atoms with Crippen LogP contribution in [-0.2, 0) is 20.7 Å².